The lowest BCUT2D eigenvalue weighted by Gasteiger charge is -2.12. The minimum absolute atomic E-state index is 0.0468. The molecule has 8 nitrogen and oxygen atoms in total. The maximum absolute atomic E-state index is 12.0. The van der Waals surface area contributed by atoms with Gasteiger partial charge in [0.25, 0.3) is 11.6 Å². The number of rotatable bonds is 8. The number of hydrazone groups is 1. The molecule has 0 saturated carbocycles. The van der Waals surface area contributed by atoms with Crippen LogP contribution >= 0.6 is 0 Å². The molecule has 2 aromatic carbocycles. The summed E-state index contributed by atoms with van der Waals surface area (Å²) in [6, 6.07) is 12.7. The zero-order chi connectivity index (χ0) is 18.9. The van der Waals surface area contributed by atoms with Gasteiger partial charge in [-0.2, -0.15) is 5.10 Å². The number of nitro benzene ring substituents is 1. The first-order valence-electron chi connectivity index (χ1n) is 7.96. The van der Waals surface area contributed by atoms with E-state index in [0.29, 0.717) is 12.4 Å². The molecule has 0 aliphatic heterocycles. The summed E-state index contributed by atoms with van der Waals surface area (Å²) in [5.41, 5.74) is 3.14. The number of carbonyl (C=O) groups is 1. The van der Waals surface area contributed by atoms with Crippen molar-refractivity contribution in [1.82, 2.24) is 5.43 Å². The van der Waals surface area contributed by atoms with Gasteiger partial charge in [0.05, 0.1) is 17.7 Å². The molecule has 1 amide bonds. The molecular formula is C18H19N3O5. The number of non-ortho nitro benzene ring substituents is 1. The third-order valence-electron chi connectivity index (χ3n) is 3.31. The first-order chi connectivity index (χ1) is 12.5. The highest BCUT2D eigenvalue weighted by Gasteiger charge is 2.14. The Bertz CT molecular complexity index is 772. The third-order valence-corrected chi connectivity index (χ3v) is 3.31. The predicted octanol–water partition coefficient (Wildman–Crippen LogP) is 2.91. The van der Waals surface area contributed by atoms with Crippen LogP contribution in [-0.2, 0) is 4.79 Å². The van der Waals surface area contributed by atoms with Crippen LogP contribution in [0.1, 0.15) is 19.4 Å². The van der Waals surface area contributed by atoms with Gasteiger partial charge in [-0.25, -0.2) is 5.43 Å². The van der Waals surface area contributed by atoms with Crippen LogP contribution in [0, 0.1) is 10.1 Å². The van der Waals surface area contributed by atoms with Crippen molar-refractivity contribution >= 4 is 17.8 Å². The van der Waals surface area contributed by atoms with Crippen molar-refractivity contribution in [2.24, 2.45) is 5.10 Å². The molecule has 26 heavy (non-hydrogen) atoms. The summed E-state index contributed by atoms with van der Waals surface area (Å²) in [5.74, 6) is 0.679. The summed E-state index contributed by atoms with van der Waals surface area (Å²) in [5, 5.41) is 14.5. The molecule has 0 fully saturated rings. The molecule has 1 atom stereocenters. The zero-order valence-electron chi connectivity index (χ0n) is 14.4. The fourth-order valence-electron chi connectivity index (χ4n) is 1.98. The molecule has 0 spiro atoms. The molecule has 0 aliphatic rings. The van der Waals surface area contributed by atoms with E-state index >= 15 is 0 Å². The van der Waals surface area contributed by atoms with Gasteiger partial charge < -0.3 is 9.47 Å². The molecule has 0 heterocycles. The van der Waals surface area contributed by atoms with Crippen molar-refractivity contribution in [1.29, 1.82) is 0 Å². The summed E-state index contributed by atoms with van der Waals surface area (Å²) < 4.78 is 10.8. The van der Waals surface area contributed by atoms with Crippen LogP contribution in [0.15, 0.2) is 53.6 Å². The van der Waals surface area contributed by atoms with Crippen LogP contribution < -0.4 is 14.9 Å². The Hall–Kier alpha value is -3.42. The number of benzene rings is 2. The van der Waals surface area contributed by atoms with E-state index in [0.717, 1.165) is 11.3 Å². The molecule has 1 unspecified atom stereocenters. The van der Waals surface area contributed by atoms with Crippen molar-refractivity contribution in [3.8, 4) is 11.5 Å². The highest BCUT2D eigenvalue weighted by molar-refractivity contribution is 5.84. The molecular weight excluding hydrogens is 338 g/mol. The number of nitrogens with zero attached hydrogens (tertiary/aromatic N) is 2. The first kappa shape index (κ1) is 18.9. The smallest absolute Gasteiger partial charge is 0.280 e. The molecule has 8 heteroatoms. The number of nitro groups is 1. The highest BCUT2D eigenvalue weighted by atomic mass is 16.6. The molecule has 136 valence electrons. The van der Waals surface area contributed by atoms with Gasteiger partial charge in [0.1, 0.15) is 11.5 Å². The Morgan fingerprint density at radius 3 is 2.38 bits per heavy atom. The highest BCUT2D eigenvalue weighted by Crippen LogP contribution is 2.18. The number of nitrogens with one attached hydrogen (secondary N) is 1. The number of hydrogen-bond acceptors (Lipinski definition) is 6. The van der Waals surface area contributed by atoms with Gasteiger partial charge in [0.15, 0.2) is 6.10 Å². The minimum atomic E-state index is -0.811. The van der Waals surface area contributed by atoms with Crippen LogP contribution in [-0.4, -0.2) is 29.8 Å². The third kappa shape index (κ3) is 5.59. The van der Waals surface area contributed by atoms with Gasteiger partial charge in [-0.15, -0.1) is 0 Å². The molecule has 2 rings (SSSR count). The van der Waals surface area contributed by atoms with Gasteiger partial charge >= 0.3 is 0 Å². The second-order valence-electron chi connectivity index (χ2n) is 5.25. The van der Waals surface area contributed by atoms with E-state index in [1.54, 1.807) is 6.92 Å². The molecule has 0 radical (unpaired) electrons. The number of carbonyl (C=O) groups excluding carboxylic acids is 1. The Morgan fingerprint density at radius 2 is 1.81 bits per heavy atom. The Kier molecular flexibility index (Phi) is 6.67. The SMILES string of the molecule is CCOc1ccc(/C=N/NC(=O)C(C)Oc2ccc([N+](=O)[O-])cc2)cc1. The average molecular weight is 357 g/mol. The van der Waals surface area contributed by atoms with Crippen LogP contribution in [0.25, 0.3) is 0 Å². The van der Waals surface area contributed by atoms with Crippen LogP contribution in [0.2, 0.25) is 0 Å². The molecule has 0 saturated heterocycles. The quantitative estimate of drug-likeness (QED) is 0.444. The van der Waals surface area contributed by atoms with Gasteiger partial charge in [0.2, 0.25) is 0 Å². The number of amides is 1. The minimum Gasteiger partial charge on any atom is -0.494 e. The predicted molar refractivity (Wildman–Crippen MR) is 96.5 cm³/mol. The topological polar surface area (TPSA) is 103 Å². The Balaban J connectivity index is 1.85. The molecule has 1 N–H and O–H groups in total. The average Bonchev–Trinajstić information content (AvgIpc) is 2.63. The maximum atomic E-state index is 12.0. The lowest BCUT2D eigenvalue weighted by Crippen LogP contribution is -2.33. The van der Waals surface area contributed by atoms with Crippen molar-refractivity contribution in [2.45, 2.75) is 20.0 Å². The fourth-order valence-corrected chi connectivity index (χ4v) is 1.98. The fraction of sp³-hybridized carbons (Fsp3) is 0.222. The number of ether oxygens (including phenoxy) is 2. The lowest BCUT2D eigenvalue weighted by atomic mass is 10.2. The molecule has 0 aliphatic carbocycles. The first-order valence-corrected chi connectivity index (χ1v) is 7.96. The summed E-state index contributed by atoms with van der Waals surface area (Å²) >= 11 is 0. The largest absolute Gasteiger partial charge is 0.494 e. The van der Waals surface area contributed by atoms with Gasteiger partial charge in [-0.05, 0) is 55.8 Å². The van der Waals surface area contributed by atoms with Crippen molar-refractivity contribution in [3.05, 3.63) is 64.2 Å². The summed E-state index contributed by atoms with van der Waals surface area (Å²) in [6.45, 7) is 4.06. The van der Waals surface area contributed by atoms with E-state index in [9.17, 15) is 14.9 Å². The zero-order valence-corrected chi connectivity index (χ0v) is 14.4. The van der Waals surface area contributed by atoms with E-state index in [1.165, 1.54) is 30.5 Å². The van der Waals surface area contributed by atoms with Crippen molar-refractivity contribution < 1.29 is 19.2 Å². The Labute approximate surface area is 150 Å². The van der Waals surface area contributed by atoms with Crippen molar-refractivity contribution in [2.75, 3.05) is 6.61 Å². The van der Waals surface area contributed by atoms with Crippen LogP contribution in [0.5, 0.6) is 11.5 Å². The van der Waals surface area contributed by atoms with E-state index in [-0.39, 0.29) is 5.69 Å². The summed E-state index contributed by atoms with van der Waals surface area (Å²) in [6.07, 6.45) is 0.695. The van der Waals surface area contributed by atoms with Gasteiger partial charge in [-0.1, -0.05) is 0 Å². The Morgan fingerprint density at radius 1 is 1.19 bits per heavy atom. The maximum Gasteiger partial charge on any atom is 0.280 e. The van der Waals surface area contributed by atoms with Crippen LogP contribution in [0.3, 0.4) is 0 Å². The molecule has 0 aromatic heterocycles. The second kappa shape index (κ2) is 9.16. The van der Waals surface area contributed by atoms with E-state index in [2.05, 4.69) is 10.5 Å². The molecule has 0 bridgehead atoms. The lowest BCUT2D eigenvalue weighted by molar-refractivity contribution is -0.384. The van der Waals surface area contributed by atoms with Crippen molar-refractivity contribution in [3.63, 3.8) is 0 Å². The summed E-state index contributed by atoms with van der Waals surface area (Å²) in [4.78, 5) is 22.1. The number of hydrogen-bond donors (Lipinski definition) is 1. The van der Waals surface area contributed by atoms with Gasteiger partial charge in [-0.3, -0.25) is 14.9 Å². The van der Waals surface area contributed by atoms with Gasteiger partial charge in [0, 0.05) is 12.1 Å². The molecule has 2 aromatic rings. The van der Waals surface area contributed by atoms with E-state index in [1.807, 2.05) is 31.2 Å². The standard InChI is InChI=1S/C18H19N3O5/c1-3-25-16-8-4-14(5-9-16)12-19-20-18(22)13(2)26-17-10-6-15(7-11-17)21(23)24/h4-13H,3H2,1-2H3,(H,20,22)/b19-12+. The van der Waals surface area contributed by atoms with E-state index in [4.69, 9.17) is 9.47 Å². The van der Waals surface area contributed by atoms with Crippen LogP contribution in [0.4, 0.5) is 5.69 Å². The summed E-state index contributed by atoms with van der Waals surface area (Å²) in [7, 11) is 0. The monoisotopic (exact) mass is 357 g/mol. The normalized spacial score (nSPS) is 11.8. The van der Waals surface area contributed by atoms with E-state index < -0.39 is 16.9 Å². The second-order valence-corrected chi connectivity index (χ2v) is 5.25.